The third-order valence-electron chi connectivity index (χ3n) is 6.60. The van der Waals surface area contributed by atoms with Gasteiger partial charge in [-0.1, -0.05) is 56.6 Å². The van der Waals surface area contributed by atoms with Gasteiger partial charge in [0.1, 0.15) is 21.8 Å². The summed E-state index contributed by atoms with van der Waals surface area (Å²) in [7, 11) is 2.09. The second-order valence-corrected chi connectivity index (χ2v) is 10.6. The average molecular weight is 502 g/mol. The lowest BCUT2D eigenvalue weighted by atomic mass is 10.0. The van der Waals surface area contributed by atoms with Gasteiger partial charge in [0.25, 0.3) is 11.5 Å². The van der Waals surface area contributed by atoms with Crippen molar-refractivity contribution in [3.63, 3.8) is 0 Å². The number of nitriles is 1. The number of thioether (sulfide) groups is 1. The minimum absolute atomic E-state index is 0.0815. The highest BCUT2D eigenvalue weighted by Crippen LogP contribution is 2.36. The molecule has 184 valence electrons. The molecule has 9 heteroatoms. The predicted octanol–water partition coefficient (Wildman–Crippen LogP) is 3.97. The van der Waals surface area contributed by atoms with Crippen LogP contribution in [0, 0.1) is 18.3 Å². The van der Waals surface area contributed by atoms with Crippen molar-refractivity contribution in [2.24, 2.45) is 0 Å². The topological polar surface area (TPSA) is 72.6 Å². The lowest BCUT2D eigenvalue weighted by Crippen LogP contribution is -2.47. The third kappa shape index (κ3) is 5.56. The molecule has 1 aromatic rings. The zero-order valence-corrected chi connectivity index (χ0v) is 22.4. The molecule has 0 spiro atoms. The summed E-state index contributed by atoms with van der Waals surface area (Å²) in [4.78, 5) is 33.1. The molecule has 0 radical (unpaired) electrons. The average Bonchev–Trinajstić information content (AvgIpc) is 3.08. The van der Waals surface area contributed by atoms with Crippen LogP contribution in [0.25, 0.3) is 6.08 Å². The molecule has 7 nitrogen and oxygen atoms in total. The molecule has 0 aromatic carbocycles. The number of carbonyl (C=O) groups is 1. The van der Waals surface area contributed by atoms with Gasteiger partial charge in [-0.3, -0.25) is 19.1 Å². The minimum atomic E-state index is -0.270. The molecule has 3 rings (SSSR count). The first kappa shape index (κ1) is 26.5. The molecule has 2 saturated heterocycles. The maximum atomic E-state index is 13.3. The Labute approximate surface area is 212 Å². The van der Waals surface area contributed by atoms with Gasteiger partial charge in [0.05, 0.1) is 4.91 Å². The fourth-order valence-electron chi connectivity index (χ4n) is 4.49. The Kier molecular flexibility index (Phi) is 9.34. The molecule has 2 fully saturated rings. The van der Waals surface area contributed by atoms with E-state index in [-0.39, 0.29) is 17.0 Å². The van der Waals surface area contributed by atoms with Gasteiger partial charge in [0.2, 0.25) is 0 Å². The minimum Gasteiger partial charge on any atom is -0.355 e. The largest absolute Gasteiger partial charge is 0.355 e. The second-order valence-electron chi connectivity index (χ2n) is 8.94. The van der Waals surface area contributed by atoms with Crippen molar-refractivity contribution in [2.45, 2.75) is 59.4 Å². The number of hydrogen-bond acceptors (Lipinski definition) is 7. The summed E-state index contributed by atoms with van der Waals surface area (Å²) >= 11 is 6.85. The molecule has 1 aromatic heterocycles. The number of carbonyl (C=O) groups excluding carboxylic acids is 1. The van der Waals surface area contributed by atoms with Crippen molar-refractivity contribution < 1.29 is 4.79 Å². The second kappa shape index (κ2) is 12.0. The summed E-state index contributed by atoms with van der Waals surface area (Å²) in [6.45, 7) is 10.3. The summed E-state index contributed by atoms with van der Waals surface area (Å²) in [6, 6.07) is 2.10. The molecule has 2 aliphatic rings. The van der Waals surface area contributed by atoms with Crippen molar-refractivity contribution in [3.8, 4) is 6.07 Å². The van der Waals surface area contributed by atoms with Gasteiger partial charge in [0.15, 0.2) is 0 Å². The number of rotatable bonds is 9. The molecule has 0 atom stereocenters. The molecular formula is C25H35N5O2S2. The zero-order valence-electron chi connectivity index (χ0n) is 20.7. The Hall–Kier alpha value is -2.15. The van der Waals surface area contributed by atoms with Crippen LogP contribution in [-0.4, -0.2) is 64.4 Å². The molecule has 0 saturated carbocycles. The zero-order chi connectivity index (χ0) is 24.8. The first-order valence-corrected chi connectivity index (χ1v) is 13.4. The molecule has 0 aliphatic carbocycles. The van der Waals surface area contributed by atoms with Crippen LogP contribution in [0.4, 0.5) is 5.82 Å². The van der Waals surface area contributed by atoms with Crippen molar-refractivity contribution in [2.75, 3.05) is 44.7 Å². The highest BCUT2D eigenvalue weighted by molar-refractivity contribution is 8.26. The van der Waals surface area contributed by atoms with Gasteiger partial charge in [-0.2, -0.15) is 5.26 Å². The first-order chi connectivity index (χ1) is 16.3. The number of hydrogen-bond donors (Lipinski definition) is 0. The summed E-state index contributed by atoms with van der Waals surface area (Å²) < 4.78 is 2.26. The van der Waals surface area contributed by atoms with Crippen molar-refractivity contribution >= 4 is 46.1 Å². The lowest BCUT2D eigenvalue weighted by Gasteiger charge is -2.36. The van der Waals surface area contributed by atoms with Crippen molar-refractivity contribution in [3.05, 3.63) is 31.9 Å². The smallest absolute Gasteiger partial charge is 0.270 e. The van der Waals surface area contributed by atoms with Crippen LogP contribution in [0.5, 0.6) is 0 Å². The van der Waals surface area contributed by atoms with Gasteiger partial charge in [0, 0.05) is 44.8 Å². The SMILES string of the molecule is CCCCCCCN1C(=O)/C(=C\c2c(C)c(C#N)c(=O)n(CC)c2N2CCN(C)CC2)SC1=S. The van der Waals surface area contributed by atoms with Gasteiger partial charge in [-0.15, -0.1) is 0 Å². The Morgan fingerprint density at radius 3 is 2.38 bits per heavy atom. The summed E-state index contributed by atoms with van der Waals surface area (Å²) in [6.07, 6.45) is 7.44. The van der Waals surface area contributed by atoms with Gasteiger partial charge in [-0.25, -0.2) is 0 Å². The van der Waals surface area contributed by atoms with Gasteiger partial charge in [-0.05, 0) is 39.0 Å². The van der Waals surface area contributed by atoms with E-state index >= 15 is 0 Å². The molecule has 0 N–H and O–H groups in total. The number of anilines is 1. The molecule has 3 heterocycles. The fraction of sp³-hybridized carbons (Fsp3) is 0.600. The van der Waals surface area contributed by atoms with E-state index in [2.05, 4.69) is 29.8 Å². The van der Waals surface area contributed by atoms with Crippen LogP contribution in [0.3, 0.4) is 0 Å². The van der Waals surface area contributed by atoms with E-state index in [1.54, 1.807) is 16.4 Å². The monoisotopic (exact) mass is 501 g/mol. The number of piperazine rings is 1. The van der Waals surface area contributed by atoms with Crippen molar-refractivity contribution in [1.29, 1.82) is 5.26 Å². The van der Waals surface area contributed by atoms with Crippen LogP contribution in [0.2, 0.25) is 0 Å². The number of thiocarbonyl (C=S) groups is 1. The molecule has 2 aliphatic heterocycles. The number of unbranched alkanes of at least 4 members (excludes halogenated alkanes) is 4. The lowest BCUT2D eigenvalue weighted by molar-refractivity contribution is -0.122. The number of pyridine rings is 1. The van der Waals surface area contributed by atoms with Gasteiger partial charge >= 0.3 is 0 Å². The molecule has 34 heavy (non-hydrogen) atoms. The molecule has 1 amide bonds. The number of likely N-dealkylation sites (N-methyl/N-ethyl adjacent to an activating group) is 1. The van der Waals surface area contributed by atoms with Crippen LogP contribution in [-0.2, 0) is 11.3 Å². The quantitative estimate of drug-likeness (QED) is 0.288. The van der Waals surface area contributed by atoms with Crippen LogP contribution in [0.15, 0.2) is 9.70 Å². The molecular weight excluding hydrogens is 466 g/mol. The molecule has 0 bridgehead atoms. The predicted molar refractivity (Wildman–Crippen MR) is 144 cm³/mol. The van der Waals surface area contributed by atoms with E-state index in [1.165, 1.54) is 31.0 Å². The number of aromatic nitrogens is 1. The van der Waals surface area contributed by atoms with Crippen LogP contribution >= 0.6 is 24.0 Å². The maximum absolute atomic E-state index is 13.3. The first-order valence-electron chi connectivity index (χ1n) is 12.2. The molecule has 0 unspecified atom stereocenters. The fourth-order valence-corrected chi connectivity index (χ4v) is 5.78. The maximum Gasteiger partial charge on any atom is 0.270 e. The Morgan fingerprint density at radius 2 is 1.76 bits per heavy atom. The van der Waals surface area contributed by atoms with E-state index in [9.17, 15) is 14.9 Å². The summed E-state index contributed by atoms with van der Waals surface area (Å²) in [5.74, 6) is 0.712. The van der Waals surface area contributed by atoms with Gasteiger partial charge < -0.3 is 9.80 Å². The highest BCUT2D eigenvalue weighted by atomic mass is 32.2. The van der Waals surface area contributed by atoms with E-state index in [0.717, 1.165) is 50.4 Å². The third-order valence-corrected chi connectivity index (χ3v) is 7.98. The Balaban J connectivity index is 2.00. The number of nitrogens with zero attached hydrogens (tertiary/aromatic N) is 5. The normalized spacial score (nSPS) is 18.3. The Bertz CT molecular complexity index is 1060. The number of amides is 1. The Morgan fingerprint density at radius 1 is 1.09 bits per heavy atom. The van der Waals surface area contributed by atoms with E-state index < -0.39 is 0 Å². The highest BCUT2D eigenvalue weighted by Gasteiger charge is 2.33. The standard InChI is InChI=1S/C25H35N5O2S2/c1-5-7-8-9-10-11-30-24(32)21(34-25(30)33)16-19-18(3)20(17-26)23(31)29(6-2)22(19)28-14-12-27(4)13-15-28/h16H,5-15H2,1-4H3/b21-16+. The summed E-state index contributed by atoms with van der Waals surface area (Å²) in [5, 5.41) is 9.73. The van der Waals surface area contributed by atoms with E-state index in [4.69, 9.17) is 12.2 Å². The van der Waals surface area contributed by atoms with Crippen molar-refractivity contribution in [1.82, 2.24) is 14.4 Å². The van der Waals surface area contributed by atoms with E-state index in [1.807, 2.05) is 13.0 Å². The van der Waals surface area contributed by atoms with Crippen LogP contribution < -0.4 is 10.5 Å². The summed E-state index contributed by atoms with van der Waals surface area (Å²) in [5.41, 5.74) is 1.26. The van der Waals surface area contributed by atoms with E-state index in [0.29, 0.717) is 27.9 Å². The van der Waals surface area contributed by atoms with Crippen LogP contribution in [0.1, 0.15) is 62.6 Å².